The van der Waals surface area contributed by atoms with Gasteiger partial charge in [-0.05, 0) is 62.3 Å². The lowest BCUT2D eigenvalue weighted by molar-refractivity contribution is -0.384. The molecule has 0 unspecified atom stereocenters. The van der Waals surface area contributed by atoms with Gasteiger partial charge in [-0.25, -0.2) is 0 Å². The molecule has 1 heterocycles. The molecule has 0 spiro atoms. The van der Waals surface area contributed by atoms with Crippen LogP contribution in [0.5, 0.6) is 0 Å². The van der Waals surface area contributed by atoms with Crippen LogP contribution in [0, 0.1) is 27.9 Å². The van der Waals surface area contributed by atoms with Crippen LogP contribution in [0.15, 0.2) is 33.9 Å². The summed E-state index contributed by atoms with van der Waals surface area (Å²) in [6, 6.07) is 5.87. The Kier molecular flexibility index (Phi) is 4.57. The van der Waals surface area contributed by atoms with Gasteiger partial charge >= 0.3 is 0 Å². The number of rotatable bonds is 6. The lowest BCUT2D eigenvalue weighted by atomic mass is 9.49. The Labute approximate surface area is 172 Å². The summed E-state index contributed by atoms with van der Waals surface area (Å²) in [5.41, 5.74) is 0.378. The van der Waals surface area contributed by atoms with Gasteiger partial charge in [0.1, 0.15) is 0 Å². The number of hydrogen-bond acceptors (Lipinski definition) is 7. The Morgan fingerprint density at radius 1 is 1.21 bits per heavy atom. The van der Waals surface area contributed by atoms with Crippen molar-refractivity contribution in [3.8, 4) is 0 Å². The molecule has 1 amide bonds. The van der Waals surface area contributed by atoms with Crippen LogP contribution in [0.2, 0.25) is 0 Å². The van der Waals surface area contributed by atoms with Gasteiger partial charge in [0.25, 0.3) is 10.9 Å². The third-order valence-electron chi connectivity index (χ3n) is 6.57. The van der Waals surface area contributed by atoms with Crippen molar-refractivity contribution >= 4 is 29.0 Å². The number of nitrogens with one attached hydrogen (secondary N) is 1. The number of nitrogens with zero attached hydrogens (tertiary/aromatic N) is 3. The third-order valence-corrected chi connectivity index (χ3v) is 7.38. The SMILES string of the molecule is O=C(CSc1nnc(C23CC4CC(CC(C4)C2)C3)o1)Nc1cccc([N+](=O)[O-])c1. The highest BCUT2D eigenvalue weighted by Crippen LogP contribution is 2.60. The molecule has 9 heteroatoms. The topological polar surface area (TPSA) is 111 Å². The lowest BCUT2D eigenvalue weighted by Crippen LogP contribution is -2.48. The molecular formula is C20H22N4O4S. The molecule has 1 aromatic heterocycles. The molecule has 8 nitrogen and oxygen atoms in total. The number of carbonyl (C=O) groups is 1. The van der Waals surface area contributed by atoms with E-state index < -0.39 is 4.92 Å². The average molecular weight is 414 g/mol. The molecule has 1 N–H and O–H groups in total. The van der Waals surface area contributed by atoms with Crippen LogP contribution in [-0.4, -0.2) is 26.8 Å². The molecule has 6 rings (SSSR count). The summed E-state index contributed by atoms with van der Waals surface area (Å²) in [6.07, 6.45) is 7.52. The van der Waals surface area contributed by atoms with E-state index in [2.05, 4.69) is 15.5 Å². The predicted molar refractivity (Wildman–Crippen MR) is 107 cm³/mol. The van der Waals surface area contributed by atoms with E-state index in [4.69, 9.17) is 4.42 Å². The minimum atomic E-state index is -0.491. The fraction of sp³-hybridized carbons (Fsp3) is 0.550. The van der Waals surface area contributed by atoms with Crippen LogP contribution in [-0.2, 0) is 10.2 Å². The number of carbonyl (C=O) groups excluding carboxylic acids is 1. The zero-order valence-corrected chi connectivity index (χ0v) is 16.7. The van der Waals surface area contributed by atoms with Crippen molar-refractivity contribution in [1.82, 2.24) is 10.2 Å². The van der Waals surface area contributed by atoms with E-state index in [1.165, 1.54) is 49.2 Å². The molecule has 0 atom stereocenters. The van der Waals surface area contributed by atoms with Crippen LogP contribution in [0.1, 0.15) is 44.4 Å². The van der Waals surface area contributed by atoms with E-state index in [0.717, 1.165) is 42.9 Å². The second-order valence-electron chi connectivity index (χ2n) is 8.72. The van der Waals surface area contributed by atoms with Crippen molar-refractivity contribution in [3.05, 3.63) is 40.3 Å². The Hall–Kier alpha value is -2.42. The highest BCUT2D eigenvalue weighted by Gasteiger charge is 2.54. The van der Waals surface area contributed by atoms with Crippen molar-refractivity contribution in [3.63, 3.8) is 0 Å². The van der Waals surface area contributed by atoms with Crippen molar-refractivity contribution in [2.24, 2.45) is 17.8 Å². The first-order chi connectivity index (χ1) is 14.0. The molecule has 1 aromatic carbocycles. The van der Waals surface area contributed by atoms with Gasteiger partial charge in [0.05, 0.1) is 10.7 Å². The molecule has 4 fully saturated rings. The number of anilines is 1. The molecule has 4 saturated carbocycles. The molecule has 0 radical (unpaired) electrons. The number of hydrogen-bond donors (Lipinski definition) is 1. The normalized spacial score (nSPS) is 29.7. The molecule has 2 aromatic rings. The summed E-state index contributed by atoms with van der Waals surface area (Å²) in [5.74, 6) is 2.97. The lowest BCUT2D eigenvalue weighted by Gasteiger charge is -2.55. The summed E-state index contributed by atoms with van der Waals surface area (Å²) in [7, 11) is 0. The maximum Gasteiger partial charge on any atom is 0.277 e. The van der Waals surface area contributed by atoms with E-state index >= 15 is 0 Å². The molecule has 0 saturated heterocycles. The molecule has 29 heavy (non-hydrogen) atoms. The van der Waals surface area contributed by atoms with Crippen molar-refractivity contribution in [2.75, 3.05) is 11.1 Å². The van der Waals surface area contributed by atoms with E-state index in [1.807, 2.05) is 0 Å². The van der Waals surface area contributed by atoms with E-state index in [9.17, 15) is 14.9 Å². The van der Waals surface area contributed by atoms with Gasteiger partial charge in [-0.1, -0.05) is 17.8 Å². The first kappa shape index (κ1) is 18.6. The Balaban J connectivity index is 1.21. The van der Waals surface area contributed by atoms with Crippen LogP contribution < -0.4 is 5.32 Å². The van der Waals surface area contributed by atoms with Crippen LogP contribution in [0.3, 0.4) is 0 Å². The molecule has 0 aliphatic heterocycles. The van der Waals surface area contributed by atoms with Crippen molar-refractivity contribution in [2.45, 2.75) is 49.2 Å². The molecule has 4 aliphatic rings. The largest absolute Gasteiger partial charge is 0.415 e. The van der Waals surface area contributed by atoms with E-state index in [-0.39, 0.29) is 22.8 Å². The van der Waals surface area contributed by atoms with Crippen molar-refractivity contribution in [1.29, 1.82) is 0 Å². The number of nitro groups is 1. The predicted octanol–water partition coefficient (Wildman–Crippen LogP) is 4.18. The highest BCUT2D eigenvalue weighted by atomic mass is 32.2. The summed E-state index contributed by atoms with van der Waals surface area (Å²) in [4.78, 5) is 22.6. The molecule has 152 valence electrons. The van der Waals surface area contributed by atoms with Crippen LogP contribution in [0.4, 0.5) is 11.4 Å². The van der Waals surface area contributed by atoms with E-state index in [1.54, 1.807) is 6.07 Å². The maximum atomic E-state index is 12.2. The van der Waals surface area contributed by atoms with E-state index in [0.29, 0.717) is 10.9 Å². The average Bonchev–Trinajstić information content (AvgIpc) is 3.15. The second-order valence-corrected chi connectivity index (χ2v) is 9.64. The zero-order chi connectivity index (χ0) is 20.0. The summed E-state index contributed by atoms with van der Waals surface area (Å²) in [5, 5.41) is 22.4. The molecular weight excluding hydrogens is 392 g/mol. The number of aromatic nitrogens is 2. The summed E-state index contributed by atoms with van der Waals surface area (Å²) < 4.78 is 5.99. The van der Waals surface area contributed by atoms with Gasteiger partial charge in [-0.3, -0.25) is 14.9 Å². The number of amides is 1. The first-order valence-electron chi connectivity index (χ1n) is 10.0. The zero-order valence-electron chi connectivity index (χ0n) is 15.9. The van der Waals surface area contributed by atoms with Gasteiger partial charge in [0.2, 0.25) is 11.8 Å². The third kappa shape index (κ3) is 3.63. The van der Waals surface area contributed by atoms with Crippen molar-refractivity contribution < 1.29 is 14.1 Å². The number of thioether (sulfide) groups is 1. The quantitative estimate of drug-likeness (QED) is 0.429. The standard InChI is InChI=1S/C20H22N4O4S/c25-17(21-15-2-1-3-16(7-15)24(26)27)11-29-19-23-22-18(28-19)20-8-12-4-13(9-20)6-14(5-12)10-20/h1-3,7,12-14H,4-6,8-11H2,(H,21,25). The smallest absolute Gasteiger partial charge is 0.277 e. The van der Waals surface area contributed by atoms with Gasteiger partial charge in [0, 0.05) is 23.2 Å². The minimum absolute atomic E-state index is 0.0474. The minimum Gasteiger partial charge on any atom is -0.415 e. The van der Waals surface area contributed by atoms with Gasteiger partial charge in [-0.2, -0.15) is 0 Å². The first-order valence-corrected chi connectivity index (χ1v) is 11.0. The molecule has 4 bridgehead atoms. The monoisotopic (exact) mass is 414 g/mol. The van der Waals surface area contributed by atoms with Gasteiger partial charge < -0.3 is 9.73 Å². The Morgan fingerprint density at radius 3 is 2.55 bits per heavy atom. The van der Waals surface area contributed by atoms with Crippen LogP contribution >= 0.6 is 11.8 Å². The second kappa shape index (κ2) is 7.12. The fourth-order valence-electron chi connectivity index (χ4n) is 5.88. The Bertz CT molecular complexity index is 924. The summed E-state index contributed by atoms with van der Waals surface area (Å²) >= 11 is 1.20. The highest BCUT2D eigenvalue weighted by molar-refractivity contribution is 7.99. The molecule has 4 aliphatic carbocycles. The Morgan fingerprint density at radius 2 is 1.90 bits per heavy atom. The van der Waals surface area contributed by atoms with Gasteiger partial charge in [0.15, 0.2) is 0 Å². The number of benzene rings is 1. The number of nitro benzene ring substituents is 1. The van der Waals surface area contributed by atoms with Crippen LogP contribution in [0.25, 0.3) is 0 Å². The summed E-state index contributed by atoms with van der Waals surface area (Å²) in [6.45, 7) is 0. The van der Waals surface area contributed by atoms with Gasteiger partial charge in [-0.15, -0.1) is 10.2 Å². The number of non-ortho nitro benzene ring substituents is 1. The fourth-order valence-corrected chi connectivity index (χ4v) is 6.44. The maximum absolute atomic E-state index is 12.2.